The number of carboxylic acids is 1. The van der Waals surface area contributed by atoms with Crippen molar-refractivity contribution in [2.24, 2.45) is 50.2 Å². The summed E-state index contributed by atoms with van der Waals surface area (Å²) in [4.78, 5) is 12.8. The maximum atomic E-state index is 12.8. The number of carbonyl (C=O) groups is 1. The van der Waals surface area contributed by atoms with Crippen LogP contribution in [0.1, 0.15) is 106 Å². The summed E-state index contributed by atoms with van der Waals surface area (Å²) in [5.74, 6) is 0.0888. The van der Waals surface area contributed by atoms with Gasteiger partial charge >= 0.3 is 5.97 Å². The fourth-order valence-corrected chi connectivity index (χ4v) is 10.7. The van der Waals surface area contributed by atoms with Crippen LogP contribution >= 0.6 is 0 Å². The number of aliphatic hydroxyl groups is 2. The first-order valence-corrected chi connectivity index (χ1v) is 13.9. The lowest BCUT2D eigenvalue weighted by Crippen LogP contribution is -2.67. The summed E-state index contributed by atoms with van der Waals surface area (Å²) in [5.41, 5.74) is 0.295. The van der Waals surface area contributed by atoms with E-state index in [2.05, 4.69) is 54.5 Å². The van der Waals surface area contributed by atoms with Crippen molar-refractivity contribution in [1.29, 1.82) is 0 Å². The lowest BCUT2D eigenvalue weighted by atomic mass is 9.33. The van der Waals surface area contributed by atoms with Crippen LogP contribution in [0.15, 0.2) is 11.6 Å². The molecule has 0 spiro atoms. The third-order valence-corrected chi connectivity index (χ3v) is 13.1. The van der Waals surface area contributed by atoms with Crippen molar-refractivity contribution >= 4 is 5.97 Å². The molecule has 0 heterocycles. The number of aliphatic hydroxyl groups excluding tert-OH is 2. The molecule has 192 valence electrons. The Hall–Kier alpha value is -0.870. The summed E-state index contributed by atoms with van der Waals surface area (Å²) in [6, 6.07) is 0. The lowest BCUT2D eigenvalue weighted by Gasteiger charge is -2.71. The molecule has 0 aromatic heterocycles. The van der Waals surface area contributed by atoms with Crippen LogP contribution in [0.5, 0.6) is 0 Å². The van der Waals surface area contributed by atoms with Crippen molar-refractivity contribution in [2.45, 2.75) is 118 Å². The van der Waals surface area contributed by atoms with Crippen LogP contribution < -0.4 is 0 Å². The molecule has 0 aromatic rings. The first-order chi connectivity index (χ1) is 15.6. The second kappa shape index (κ2) is 7.12. The third kappa shape index (κ3) is 2.82. The van der Waals surface area contributed by atoms with Gasteiger partial charge in [0.15, 0.2) is 0 Å². The minimum atomic E-state index is -1.04. The van der Waals surface area contributed by atoms with E-state index in [9.17, 15) is 20.1 Å². The molecule has 3 N–H and O–H groups in total. The van der Waals surface area contributed by atoms with Gasteiger partial charge in [0.05, 0.1) is 12.2 Å². The monoisotopic (exact) mass is 472 g/mol. The van der Waals surface area contributed by atoms with Crippen LogP contribution in [0.4, 0.5) is 0 Å². The fourth-order valence-electron chi connectivity index (χ4n) is 10.7. The van der Waals surface area contributed by atoms with Crippen molar-refractivity contribution in [3.63, 3.8) is 0 Å². The molecule has 4 fully saturated rings. The molecule has 4 nitrogen and oxygen atoms in total. The molecule has 0 radical (unpaired) electrons. The Bertz CT molecular complexity index is 919. The highest BCUT2D eigenvalue weighted by Gasteiger charge is 2.71. The molecule has 5 rings (SSSR count). The molecule has 4 saturated carbocycles. The van der Waals surface area contributed by atoms with Gasteiger partial charge in [-0.3, -0.25) is 4.79 Å². The highest BCUT2D eigenvalue weighted by atomic mass is 16.4. The van der Waals surface area contributed by atoms with E-state index < -0.39 is 17.5 Å². The summed E-state index contributed by atoms with van der Waals surface area (Å²) in [5, 5.41) is 33.1. The van der Waals surface area contributed by atoms with Crippen LogP contribution in [0.2, 0.25) is 0 Å². The largest absolute Gasteiger partial charge is 0.481 e. The van der Waals surface area contributed by atoms with Crippen LogP contribution in [-0.4, -0.2) is 33.5 Å². The summed E-state index contributed by atoms with van der Waals surface area (Å²) in [6.45, 7) is 16.4. The van der Waals surface area contributed by atoms with Gasteiger partial charge in [-0.2, -0.15) is 0 Å². The zero-order chi connectivity index (χ0) is 25.1. The van der Waals surface area contributed by atoms with E-state index in [4.69, 9.17) is 0 Å². The number of carboxylic acid groups (broad SMARTS) is 1. The van der Waals surface area contributed by atoms with Crippen LogP contribution in [0.25, 0.3) is 0 Å². The normalized spacial score (nSPS) is 53.4. The van der Waals surface area contributed by atoms with Gasteiger partial charge in [0.25, 0.3) is 0 Å². The molecule has 0 bridgehead atoms. The van der Waals surface area contributed by atoms with E-state index in [1.165, 1.54) is 5.57 Å². The zero-order valence-corrected chi connectivity index (χ0v) is 22.6. The fraction of sp³-hybridized carbons (Fsp3) is 0.900. The molecular formula is C30H48O4. The number of allylic oxidation sites excluding steroid dienone is 2. The van der Waals surface area contributed by atoms with Crippen LogP contribution in [0.3, 0.4) is 0 Å². The maximum absolute atomic E-state index is 12.8. The molecular weight excluding hydrogens is 424 g/mol. The van der Waals surface area contributed by atoms with Gasteiger partial charge < -0.3 is 15.3 Å². The van der Waals surface area contributed by atoms with Crippen molar-refractivity contribution in [2.75, 3.05) is 0 Å². The molecule has 4 heteroatoms. The summed E-state index contributed by atoms with van der Waals surface area (Å²) in [6.07, 6.45) is 9.35. The molecule has 0 aromatic carbocycles. The Morgan fingerprint density at radius 2 is 1.53 bits per heavy atom. The summed E-state index contributed by atoms with van der Waals surface area (Å²) < 4.78 is 0. The van der Waals surface area contributed by atoms with Crippen LogP contribution in [-0.2, 0) is 4.79 Å². The summed E-state index contributed by atoms with van der Waals surface area (Å²) >= 11 is 0. The second-order valence-corrected chi connectivity index (χ2v) is 15.2. The Kier molecular flexibility index (Phi) is 5.20. The number of aliphatic carboxylic acids is 1. The topological polar surface area (TPSA) is 77.8 Å². The van der Waals surface area contributed by atoms with Crippen molar-refractivity contribution in [1.82, 2.24) is 0 Å². The van der Waals surface area contributed by atoms with E-state index in [1.54, 1.807) is 0 Å². The van der Waals surface area contributed by atoms with Crippen molar-refractivity contribution in [3.8, 4) is 0 Å². The van der Waals surface area contributed by atoms with E-state index in [-0.39, 0.29) is 39.1 Å². The molecule has 5 aliphatic rings. The highest BCUT2D eigenvalue weighted by molar-refractivity contribution is 5.77. The van der Waals surface area contributed by atoms with Crippen LogP contribution in [0, 0.1) is 50.2 Å². The van der Waals surface area contributed by atoms with Gasteiger partial charge in [0, 0.05) is 0 Å². The van der Waals surface area contributed by atoms with E-state index >= 15 is 0 Å². The molecule has 3 unspecified atom stereocenters. The van der Waals surface area contributed by atoms with Gasteiger partial charge in [-0.1, -0.05) is 60.1 Å². The SMILES string of the molecule is CC1(C)CC[C@@]2(C(=O)O)C(C1)C1=CCC3[C@@]4(C)CC[C@H](O)C(C)(C)C4CC[C@@]3(C)[C@]1(C)C[C@H]2O. The van der Waals surface area contributed by atoms with E-state index in [0.29, 0.717) is 24.7 Å². The molecule has 0 aliphatic heterocycles. The number of hydrogen-bond donors (Lipinski definition) is 3. The first-order valence-electron chi connectivity index (χ1n) is 13.9. The maximum Gasteiger partial charge on any atom is 0.312 e. The quantitative estimate of drug-likeness (QED) is 0.397. The minimum Gasteiger partial charge on any atom is -0.481 e. The number of fused-ring (bicyclic) bond motifs is 7. The number of rotatable bonds is 1. The minimum absolute atomic E-state index is 0.0218. The Labute approximate surface area is 206 Å². The van der Waals surface area contributed by atoms with Gasteiger partial charge in [-0.05, 0) is 103 Å². The average molecular weight is 473 g/mol. The summed E-state index contributed by atoms with van der Waals surface area (Å²) in [7, 11) is 0. The highest BCUT2D eigenvalue weighted by Crippen LogP contribution is 2.75. The smallest absolute Gasteiger partial charge is 0.312 e. The number of hydrogen-bond acceptors (Lipinski definition) is 3. The predicted octanol–water partition coefficient (Wildman–Crippen LogP) is 6.20. The van der Waals surface area contributed by atoms with E-state index in [0.717, 1.165) is 44.9 Å². The van der Waals surface area contributed by atoms with Gasteiger partial charge in [-0.25, -0.2) is 0 Å². The first kappa shape index (κ1) is 24.8. The van der Waals surface area contributed by atoms with Crippen molar-refractivity contribution < 1.29 is 20.1 Å². The Balaban J connectivity index is 1.63. The van der Waals surface area contributed by atoms with E-state index in [1.807, 2.05) is 0 Å². The van der Waals surface area contributed by atoms with Gasteiger partial charge in [0.2, 0.25) is 0 Å². The predicted molar refractivity (Wildman–Crippen MR) is 134 cm³/mol. The molecule has 34 heavy (non-hydrogen) atoms. The Morgan fingerprint density at radius 1 is 0.853 bits per heavy atom. The third-order valence-electron chi connectivity index (χ3n) is 13.1. The standard InChI is InChI=1S/C30H48O4/c1-25(2)14-15-30(24(33)34)19(16-25)18-8-9-21-27(5)12-11-22(31)26(3,4)20(27)10-13-28(21,6)29(18,7)17-23(30)32/h8,19-23,31-32H,9-17H2,1-7H3,(H,33,34)/t19?,20?,21?,22-,23+,27-,28+,29+,30+/m0/s1. The lowest BCUT2D eigenvalue weighted by molar-refractivity contribution is -0.218. The van der Waals surface area contributed by atoms with Gasteiger partial charge in [-0.15, -0.1) is 0 Å². The molecule has 0 amide bonds. The second-order valence-electron chi connectivity index (χ2n) is 15.2. The average Bonchev–Trinajstić information content (AvgIpc) is 2.71. The zero-order valence-electron chi connectivity index (χ0n) is 22.6. The van der Waals surface area contributed by atoms with Gasteiger partial charge in [0.1, 0.15) is 5.41 Å². The van der Waals surface area contributed by atoms with Crippen molar-refractivity contribution in [3.05, 3.63) is 11.6 Å². The molecule has 0 saturated heterocycles. The molecule has 9 atom stereocenters. The molecule has 5 aliphatic carbocycles. The Morgan fingerprint density at radius 3 is 2.18 bits per heavy atom.